The number of carbonyl (C=O) groups is 1. The lowest BCUT2D eigenvalue weighted by Crippen LogP contribution is -2.13. The van der Waals surface area contributed by atoms with Crippen molar-refractivity contribution in [2.24, 2.45) is 0 Å². The molecule has 7 heteroatoms. The fourth-order valence-corrected chi connectivity index (χ4v) is 2.25. The van der Waals surface area contributed by atoms with Gasteiger partial charge in [-0.05, 0) is 37.1 Å². The highest BCUT2D eigenvalue weighted by Gasteiger charge is 2.13. The van der Waals surface area contributed by atoms with E-state index in [1.165, 1.54) is 25.3 Å². The van der Waals surface area contributed by atoms with Gasteiger partial charge in [0.05, 0.1) is 24.3 Å². The van der Waals surface area contributed by atoms with E-state index in [9.17, 15) is 14.9 Å². The van der Waals surface area contributed by atoms with Crippen LogP contribution in [0.4, 0.5) is 11.4 Å². The van der Waals surface area contributed by atoms with Crippen LogP contribution in [0.25, 0.3) is 0 Å². The zero-order valence-corrected chi connectivity index (χ0v) is 14.2. The molecule has 0 heterocycles. The Labute approximate surface area is 145 Å². The smallest absolute Gasteiger partial charge is 0.271 e. The maximum Gasteiger partial charge on any atom is 0.271 e. The van der Waals surface area contributed by atoms with Gasteiger partial charge in [0.25, 0.3) is 5.69 Å². The fourth-order valence-electron chi connectivity index (χ4n) is 2.25. The first kappa shape index (κ1) is 18.3. The highest BCUT2D eigenvalue weighted by Crippen LogP contribution is 2.29. The summed E-state index contributed by atoms with van der Waals surface area (Å²) in [7, 11) is 1.44. The van der Waals surface area contributed by atoms with Crippen LogP contribution in [-0.4, -0.2) is 24.5 Å². The Hall–Kier alpha value is -3.09. The molecule has 0 unspecified atom stereocenters. The van der Waals surface area contributed by atoms with Gasteiger partial charge < -0.3 is 14.8 Å². The van der Waals surface area contributed by atoms with Gasteiger partial charge in [0.2, 0.25) is 5.91 Å². The lowest BCUT2D eigenvalue weighted by molar-refractivity contribution is -0.384. The monoisotopic (exact) mass is 344 g/mol. The van der Waals surface area contributed by atoms with Crippen molar-refractivity contribution in [3.05, 3.63) is 58.1 Å². The Bertz CT molecular complexity index is 761. The summed E-state index contributed by atoms with van der Waals surface area (Å²) in [5.74, 6) is 0.877. The number of benzene rings is 2. The molecular formula is C18H20N2O5. The number of non-ortho nitro benzene ring substituents is 1. The van der Waals surface area contributed by atoms with E-state index in [0.717, 1.165) is 11.3 Å². The molecule has 0 fully saturated rings. The minimum Gasteiger partial charge on any atom is -0.495 e. The van der Waals surface area contributed by atoms with Crippen molar-refractivity contribution in [2.75, 3.05) is 19.0 Å². The fraction of sp³-hybridized carbons (Fsp3) is 0.278. The highest BCUT2D eigenvalue weighted by molar-refractivity contribution is 5.92. The number of hydrogen-bond donors (Lipinski definition) is 1. The maximum atomic E-state index is 12.0. The van der Waals surface area contributed by atoms with Crippen molar-refractivity contribution in [1.29, 1.82) is 0 Å². The Morgan fingerprint density at radius 2 is 2.04 bits per heavy atom. The van der Waals surface area contributed by atoms with Crippen LogP contribution in [0.3, 0.4) is 0 Å². The van der Waals surface area contributed by atoms with Gasteiger partial charge in [0.15, 0.2) is 0 Å². The Balaban J connectivity index is 1.85. The van der Waals surface area contributed by atoms with Crippen molar-refractivity contribution in [3.63, 3.8) is 0 Å². The third-order valence-electron chi connectivity index (χ3n) is 3.47. The number of nitro benzene ring substituents is 1. The second-order valence-corrected chi connectivity index (χ2v) is 5.46. The van der Waals surface area contributed by atoms with E-state index in [1.54, 1.807) is 0 Å². The van der Waals surface area contributed by atoms with Crippen molar-refractivity contribution in [1.82, 2.24) is 0 Å². The summed E-state index contributed by atoms with van der Waals surface area (Å²) in [6.45, 7) is 2.38. The number of methoxy groups -OCH3 is 1. The first-order valence-electron chi connectivity index (χ1n) is 7.81. The molecule has 0 saturated carbocycles. The van der Waals surface area contributed by atoms with Crippen molar-refractivity contribution in [2.45, 2.75) is 19.8 Å². The molecule has 25 heavy (non-hydrogen) atoms. The second-order valence-electron chi connectivity index (χ2n) is 5.46. The quantitative estimate of drug-likeness (QED) is 0.448. The minimum absolute atomic E-state index is 0.112. The van der Waals surface area contributed by atoms with Gasteiger partial charge >= 0.3 is 0 Å². The number of amides is 1. The largest absolute Gasteiger partial charge is 0.495 e. The van der Waals surface area contributed by atoms with Gasteiger partial charge in [-0.3, -0.25) is 14.9 Å². The summed E-state index contributed by atoms with van der Waals surface area (Å²) in [4.78, 5) is 22.4. The molecule has 0 atom stereocenters. The average molecular weight is 344 g/mol. The molecule has 7 nitrogen and oxygen atoms in total. The van der Waals surface area contributed by atoms with Crippen LogP contribution in [0.1, 0.15) is 18.4 Å². The van der Waals surface area contributed by atoms with Crippen LogP contribution < -0.4 is 14.8 Å². The van der Waals surface area contributed by atoms with E-state index < -0.39 is 4.92 Å². The van der Waals surface area contributed by atoms with Gasteiger partial charge in [-0.2, -0.15) is 0 Å². The van der Waals surface area contributed by atoms with E-state index in [2.05, 4.69) is 5.32 Å². The molecule has 0 radical (unpaired) electrons. The molecule has 0 aliphatic heterocycles. The molecule has 2 aromatic carbocycles. The van der Waals surface area contributed by atoms with E-state index in [0.29, 0.717) is 18.8 Å². The summed E-state index contributed by atoms with van der Waals surface area (Å²) in [5, 5.41) is 13.5. The third-order valence-corrected chi connectivity index (χ3v) is 3.47. The van der Waals surface area contributed by atoms with Crippen molar-refractivity contribution < 1.29 is 19.2 Å². The number of hydrogen-bond acceptors (Lipinski definition) is 5. The molecule has 0 saturated heterocycles. The molecule has 0 bridgehead atoms. The number of nitrogens with zero attached hydrogens (tertiary/aromatic N) is 1. The summed E-state index contributed by atoms with van der Waals surface area (Å²) < 4.78 is 10.7. The van der Waals surface area contributed by atoms with Crippen LogP contribution in [-0.2, 0) is 4.79 Å². The lowest BCUT2D eigenvalue weighted by atomic mass is 10.2. The summed E-state index contributed by atoms with van der Waals surface area (Å²) in [6, 6.07) is 11.7. The van der Waals surface area contributed by atoms with E-state index in [1.807, 2.05) is 31.2 Å². The highest BCUT2D eigenvalue weighted by atomic mass is 16.6. The number of aryl methyl sites for hydroxylation is 1. The molecule has 1 amide bonds. The summed E-state index contributed by atoms with van der Waals surface area (Å²) >= 11 is 0. The van der Waals surface area contributed by atoms with Crippen LogP contribution in [0, 0.1) is 17.0 Å². The summed E-state index contributed by atoms with van der Waals surface area (Å²) in [6.07, 6.45) is 0.759. The normalized spacial score (nSPS) is 10.2. The van der Waals surface area contributed by atoms with Crippen molar-refractivity contribution >= 4 is 17.3 Å². The molecule has 0 spiro atoms. The minimum atomic E-state index is -0.523. The summed E-state index contributed by atoms with van der Waals surface area (Å²) in [5.41, 5.74) is 1.27. The topological polar surface area (TPSA) is 90.7 Å². The lowest BCUT2D eigenvalue weighted by Gasteiger charge is -2.10. The molecular weight excluding hydrogens is 324 g/mol. The number of carbonyl (C=O) groups excluding carboxylic acids is 1. The number of nitrogens with one attached hydrogen (secondary N) is 1. The number of rotatable bonds is 8. The van der Waals surface area contributed by atoms with E-state index in [4.69, 9.17) is 9.47 Å². The van der Waals surface area contributed by atoms with Crippen LogP contribution in [0.2, 0.25) is 0 Å². The second kappa shape index (κ2) is 8.68. The molecule has 2 aromatic rings. The van der Waals surface area contributed by atoms with Gasteiger partial charge in [0, 0.05) is 18.6 Å². The average Bonchev–Trinajstić information content (AvgIpc) is 2.58. The predicted molar refractivity (Wildman–Crippen MR) is 94.2 cm³/mol. The maximum absolute atomic E-state index is 12.0. The molecule has 132 valence electrons. The Morgan fingerprint density at radius 3 is 2.72 bits per heavy atom. The van der Waals surface area contributed by atoms with Crippen LogP contribution in [0.5, 0.6) is 11.5 Å². The van der Waals surface area contributed by atoms with Crippen LogP contribution >= 0.6 is 0 Å². The van der Waals surface area contributed by atoms with Gasteiger partial charge in [-0.1, -0.05) is 12.1 Å². The molecule has 1 N–H and O–H groups in total. The Kier molecular flexibility index (Phi) is 6.33. The first-order valence-corrected chi connectivity index (χ1v) is 7.81. The zero-order chi connectivity index (χ0) is 18.2. The number of anilines is 1. The molecule has 0 aliphatic carbocycles. The van der Waals surface area contributed by atoms with Gasteiger partial charge in [-0.15, -0.1) is 0 Å². The first-order chi connectivity index (χ1) is 12.0. The third kappa shape index (κ3) is 5.49. The number of ether oxygens (including phenoxy) is 2. The standard InChI is InChI=1S/C18H20N2O5/c1-13-5-3-6-15(11-13)25-10-4-7-18(21)19-16-12-14(20(22)23)8-9-17(16)24-2/h3,5-6,8-9,11-12H,4,7,10H2,1-2H3,(H,19,21). The number of nitro groups is 1. The molecule has 2 rings (SSSR count). The van der Waals surface area contributed by atoms with Crippen molar-refractivity contribution in [3.8, 4) is 11.5 Å². The zero-order valence-electron chi connectivity index (χ0n) is 14.2. The van der Waals surface area contributed by atoms with Crippen LogP contribution in [0.15, 0.2) is 42.5 Å². The van der Waals surface area contributed by atoms with E-state index in [-0.39, 0.29) is 23.7 Å². The predicted octanol–water partition coefficient (Wildman–Crippen LogP) is 3.71. The molecule has 0 aliphatic rings. The van der Waals surface area contributed by atoms with Gasteiger partial charge in [-0.25, -0.2) is 0 Å². The van der Waals surface area contributed by atoms with Gasteiger partial charge in [0.1, 0.15) is 11.5 Å². The SMILES string of the molecule is COc1ccc([N+](=O)[O-])cc1NC(=O)CCCOc1cccc(C)c1. The Morgan fingerprint density at radius 1 is 1.24 bits per heavy atom. The van der Waals surface area contributed by atoms with E-state index >= 15 is 0 Å². The molecule has 0 aromatic heterocycles.